The third-order valence-electron chi connectivity index (χ3n) is 3.15. The summed E-state index contributed by atoms with van der Waals surface area (Å²) in [6.07, 6.45) is 0.646. The number of hydrogen-bond acceptors (Lipinski definition) is 3. The lowest BCUT2D eigenvalue weighted by atomic mass is 10.1. The highest BCUT2D eigenvalue weighted by Crippen LogP contribution is 2.08. The maximum absolute atomic E-state index is 12.0. The fourth-order valence-electron chi connectivity index (χ4n) is 2.11. The van der Waals surface area contributed by atoms with Crippen molar-refractivity contribution in [3.8, 4) is 0 Å². The van der Waals surface area contributed by atoms with E-state index in [1.807, 2.05) is 55.5 Å². The van der Waals surface area contributed by atoms with Crippen LogP contribution in [0.5, 0.6) is 0 Å². The number of aryl methyl sites for hydroxylation is 1. The molecule has 2 aromatic rings. The molecule has 2 aromatic carbocycles. The zero-order valence-electron chi connectivity index (χ0n) is 12.5. The van der Waals surface area contributed by atoms with Crippen LogP contribution in [0.1, 0.15) is 16.7 Å². The molecule has 120 valence electrons. The van der Waals surface area contributed by atoms with Gasteiger partial charge in [-0.1, -0.05) is 42.0 Å². The first-order chi connectivity index (χ1) is 9.94. The van der Waals surface area contributed by atoms with Crippen molar-refractivity contribution in [3.05, 3.63) is 65.2 Å². The first-order valence-corrected chi connectivity index (χ1v) is 8.47. The van der Waals surface area contributed by atoms with Crippen molar-refractivity contribution in [2.75, 3.05) is 12.3 Å². The molecule has 0 aliphatic heterocycles. The highest BCUT2D eigenvalue weighted by molar-refractivity contribution is 7.88. The number of nitrogens with one attached hydrogen (secondary N) is 1. The minimum Gasteiger partial charge on any atom is -0.399 e. The molecular formula is C16H21ClN2O2S. The summed E-state index contributed by atoms with van der Waals surface area (Å²) < 4.78 is 26.7. The molecule has 0 spiro atoms. The smallest absolute Gasteiger partial charge is 0.215 e. The molecule has 0 amide bonds. The molecule has 0 aliphatic rings. The van der Waals surface area contributed by atoms with Crippen molar-refractivity contribution in [2.24, 2.45) is 0 Å². The lowest BCUT2D eigenvalue weighted by Gasteiger charge is -2.07. The zero-order chi connectivity index (χ0) is 15.3. The second-order valence-corrected chi connectivity index (χ2v) is 6.94. The predicted octanol–water partition coefficient (Wildman–Crippen LogP) is 2.66. The fraction of sp³-hybridized carbons (Fsp3) is 0.250. The Morgan fingerprint density at radius 1 is 1.05 bits per heavy atom. The summed E-state index contributed by atoms with van der Waals surface area (Å²) in [5, 5.41) is 0. The number of sulfonamides is 1. The summed E-state index contributed by atoms with van der Waals surface area (Å²) in [5.41, 5.74) is 9.24. The molecule has 4 nitrogen and oxygen atoms in total. The molecular weight excluding hydrogens is 320 g/mol. The minimum absolute atomic E-state index is 0. The zero-order valence-corrected chi connectivity index (χ0v) is 14.1. The number of rotatable bonds is 6. The van der Waals surface area contributed by atoms with Crippen LogP contribution in [-0.2, 0) is 22.2 Å². The van der Waals surface area contributed by atoms with Crippen molar-refractivity contribution < 1.29 is 8.42 Å². The van der Waals surface area contributed by atoms with Crippen LogP contribution in [0.15, 0.2) is 48.5 Å². The number of anilines is 1. The van der Waals surface area contributed by atoms with Crippen LogP contribution in [0.2, 0.25) is 0 Å². The third-order valence-corrected chi connectivity index (χ3v) is 4.51. The van der Waals surface area contributed by atoms with Gasteiger partial charge in [-0.15, -0.1) is 12.4 Å². The molecule has 6 heteroatoms. The van der Waals surface area contributed by atoms with Gasteiger partial charge in [-0.25, -0.2) is 13.1 Å². The van der Waals surface area contributed by atoms with Crippen molar-refractivity contribution in [1.82, 2.24) is 4.72 Å². The Bertz CT molecular complexity index is 700. The van der Waals surface area contributed by atoms with Gasteiger partial charge in [0.2, 0.25) is 10.0 Å². The van der Waals surface area contributed by atoms with Gasteiger partial charge in [-0.05, 0) is 36.6 Å². The molecule has 0 fully saturated rings. The van der Waals surface area contributed by atoms with Crippen LogP contribution in [0.3, 0.4) is 0 Å². The Balaban J connectivity index is 0.00000242. The molecule has 3 N–H and O–H groups in total. The number of nitrogen functional groups attached to an aromatic ring is 1. The van der Waals surface area contributed by atoms with E-state index in [4.69, 9.17) is 5.73 Å². The topological polar surface area (TPSA) is 72.2 Å². The maximum Gasteiger partial charge on any atom is 0.215 e. The summed E-state index contributed by atoms with van der Waals surface area (Å²) in [6.45, 7) is 2.34. The van der Waals surface area contributed by atoms with E-state index in [2.05, 4.69) is 4.72 Å². The molecule has 0 atom stereocenters. The standard InChI is InChI=1S/C16H20N2O2S.ClH/c1-13-3-2-4-15(11-13)12-21(19,20)18-10-9-14-5-7-16(17)8-6-14;/h2-8,11,18H,9-10,12,17H2,1H3;1H. The SMILES string of the molecule is Cc1cccc(CS(=O)(=O)NCCc2ccc(N)cc2)c1.Cl. The van der Waals surface area contributed by atoms with E-state index in [1.165, 1.54) is 0 Å². The summed E-state index contributed by atoms with van der Waals surface area (Å²) in [7, 11) is -3.30. The van der Waals surface area contributed by atoms with Gasteiger partial charge in [-0.3, -0.25) is 0 Å². The largest absolute Gasteiger partial charge is 0.399 e. The van der Waals surface area contributed by atoms with Crippen LogP contribution in [-0.4, -0.2) is 15.0 Å². The van der Waals surface area contributed by atoms with Crippen molar-refractivity contribution in [2.45, 2.75) is 19.1 Å². The molecule has 0 bridgehead atoms. The Labute approximate surface area is 138 Å². The van der Waals surface area contributed by atoms with Gasteiger partial charge in [0.05, 0.1) is 5.75 Å². The van der Waals surface area contributed by atoms with Gasteiger partial charge in [0.1, 0.15) is 0 Å². The lowest BCUT2D eigenvalue weighted by molar-refractivity contribution is 0.581. The number of hydrogen-bond donors (Lipinski definition) is 2. The molecule has 0 saturated carbocycles. The van der Waals surface area contributed by atoms with Gasteiger partial charge in [0.25, 0.3) is 0 Å². The van der Waals surface area contributed by atoms with Gasteiger partial charge in [0, 0.05) is 12.2 Å². The van der Waals surface area contributed by atoms with E-state index in [1.54, 1.807) is 0 Å². The Kier molecular flexibility index (Phi) is 6.87. The second-order valence-electron chi connectivity index (χ2n) is 5.13. The third kappa shape index (κ3) is 6.05. The van der Waals surface area contributed by atoms with Crippen LogP contribution in [0.4, 0.5) is 5.69 Å². The van der Waals surface area contributed by atoms with Gasteiger partial charge < -0.3 is 5.73 Å². The average Bonchev–Trinajstić information content (AvgIpc) is 2.40. The van der Waals surface area contributed by atoms with Crippen LogP contribution in [0, 0.1) is 6.92 Å². The second kappa shape index (κ2) is 8.17. The normalized spacial score (nSPS) is 11.0. The van der Waals surface area contributed by atoms with Gasteiger partial charge >= 0.3 is 0 Å². The number of halogens is 1. The maximum atomic E-state index is 12.0. The van der Waals surface area contributed by atoms with Crippen LogP contribution in [0.25, 0.3) is 0 Å². The Morgan fingerprint density at radius 3 is 2.36 bits per heavy atom. The van der Waals surface area contributed by atoms with Crippen molar-refractivity contribution in [3.63, 3.8) is 0 Å². The highest BCUT2D eigenvalue weighted by Gasteiger charge is 2.10. The van der Waals surface area contributed by atoms with E-state index in [-0.39, 0.29) is 18.2 Å². The molecule has 2 rings (SSSR count). The molecule has 0 radical (unpaired) electrons. The quantitative estimate of drug-likeness (QED) is 0.794. The average molecular weight is 341 g/mol. The molecule has 0 aromatic heterocycles. The predicted molar refractivity (Wildman–Crippen MR) is 93.6 cm³/mol. The van der Waals surface area contributed by atoms with Crippen molar-refractivity contribution in [1.29, 1.82) is 0 Å². The monoisotopic (exact) mass is 340 g/mol. The first kappa shape index (κ1) is 18.5. The highest BCUT2D eigenvalue weighted by atomic mass is 35.5. The number of benzene rings is 2. The molecule has 0 saturated heterocycles. The van der Waals surface area contributed by atoms with E-state index in [0.717, 1.165) is 16.7 Å². The molecule has 0 aliphatic carbocycles. The Morgan fingerprint density at radius 2 is 1.73 bits per heavy atom. The summed E-state index contributed by atoms with van der Waals surface area (Å²) in [6, 6.07) is 15.0. The van der Waals surface area contributed by atoms with Gasteiger partial charge in [0.15, 0.2) is 0 Å². The van der Waals surface area contributed by atoms with E-state index >= 15 is 0 Å². The van der Waals surface area contributed by atoms with E-state index < -0.39 is 10.0 Å². The first-order valence-electron chi connectivity index (χ1n) is 6.82. The van der Waals surface area contributed by atoms with E-state index in [0.29, 0.717) is 18.7 Å². The van der Waals surface area contributed by atoms with Crippen molar-refractivity contribution >= 4 is 28.1 Å². The van der Waals surface area contributed by atoms with Crippen LogP contribution < -0.4 is 10.5 Å². The van der Waals surface area contributed by atoms with Crippen LogP contribution >= 0.6 is 12.4 Å². The number of nitrogens with two attached hydrogens (primary N) is 1. The summed E-state index contributed by atoms with van der Waals surface area (Å²) >= 11 is 0. The minimum atomic E-state index is -3.30. The molecule has 0 heterocycles. The summed E-state index contributed by atoms with van der Waals surface area (Å²) in [5.74, 6) is 0.0103. The summed E-state index contributed by atoms with van der Waals surface area (Å²) in [4.78, 5) is 0. The fourth-order valence-corrected chi connectivity index (χ4v) is 3.24. The van der Waals surface area contributed by atoms with Gasteiger partial charge in [-0.2, -0.15) is 0 Å². The van der Waals surface area contributed by atoms with E-state index in [9.17, 15) is 8.42 Å². The molecule has 22 heavy (non-hydrogen) atoms. The molecule has 0 unspecified atom stereocenters. The Hall–Kier alpha value is -1.56. The lowest BCUT2D eigenvalue weighted by Crippen LogP contribution is -2.27.